The molecule has 2 N–H and O–H groups in total. The number of carbonyl (C=O) groups excluding carboxylic acids is 3. The van der Waals surface area contributed by atoms with Gasteiger partial charge in [0.25, 0.3) is 5.91 Å². The van der Waals surface area contributed by atoms with Crippen LogP contribution in [0.3, 0.4) is 0 Å². The van der Waals surface area contributed by atoms with Gasteiger partial charge in [-0.2, -0.15) is 0 Å². The van der Waals surface area contributed by atoms with Crippen molar-refractivity contribution in [2.24, 2.45) is 0 Å². The fourth-order valence-electron chi connectivity index (χ4n) is 2.02. The molecular formula is C18H18N2O5. The molecular weight excluding hydrogens is 324 g/mol. The predicted octanol–water partition coefficient (Wildman–Crippen LogP) is 1.57. The number of esters is 1. The highest BCUT2D eigenvalue weighted by atomic mass is 16.5. The topological polar surface area (TPSA) is 93.7 Å². The molecule has 2 rings (SSSR count). The van der Waals surface area contributed by atoms with Crippen LogP contribution in [0.2, 0.25) is 0 Å². The van der Waals surface area contributed by atoms with Crippen molar-refractivity contribution in [1.82, 2.24) is 10.9 Å². The number of rotatable bonds is 5. The summed E-state index contributed by atoms with van der Waals surface area (Å²) in [4.78, 5) is 33.5. The third-order valence-corrected chi connectivity index (χ3v) is 3.21. The lowest BCUT2D eigenvalue weighted by Crippen LogP contribution is -2.42. The minimum Gasteiger partial charge on any atom is -0.497 e. The lowest BCUT2D eigenvalue weighted by molar-refractivity contribution is -0.144. The maximum absolute atomic E-state index is 11.6. The first-order valence-electron chi connectivity index (χ1n) is 7.46. The SMILES string of the molecule is COc1ccc2cc(/C=C/C(=O)OCC(=O)NNC(C)=O)ccc2c1. The van der Waals surface area contributed by atoms with E-state index in [4.69, 9.17) is 9.47 Å². The van der Waals surface area contributed by atoms with Gasteiger partial charge in [0.05, 0.1) is 7.11 Å². The summed E-state index contributed by atoms with van der Waals surface area (Å²) in [5, 5.41) is 2.03. The van der Waals surface area contributed by atoms with Gasteiger partial charge in [-0.05, 0) is 40.6 Å². The van der Waals surface area contributed by atoms with E-state index in [9.17, 15) is 14.4 Å². The quantitative estimate of drug-likeness (QED) is 0.489. The van der Waals surface area contributed by atoms with Crippen LogP contribution in [0.1, 0.15) is 12.5 Å². The van der Waals surface area contributed by atoms with Crippen molar-refractivity contribution in [1.29, 1.82) is 0 Å². The average molecular weight is 342 g/mol. The van der Waals surface area contributed by atoms with Crippen LogP contribution in [-0.2, 0) is 19.1 Å². The number of hydrogen-bond donors (Lipinski definition) is 2. The Bertz CT molecular complexity index is 829. The third-order valence-electron chi connectivity index (χ3n) is 3.21. The Morgan fingerprint density at radius 3 is 2.48 bits per heavy atom. The molecule has 0 spiro atoms. The lowest BCUT2D eigenvalue weighted by Gasteiger charge is -2.05. The van der Waals surface area contributed by atoms with Gasteiger partial charge in [-0.1, -0.05) is 18.2 Å². The summed E-state index contributed by atoms with van der Waals surface area (Å²) in [6.07, 6.45) is 2.83. The van der Waals surface area contributed by atoms with Crippen molar-refractivity contribution in [3.8, 4) is 5.75 Å². The molecule has 2 aromatic rings. The Morgan fingerprint density at radius 1 is 1.04 bits per heavy atom. The minimum absolute atomic E-state index is 0.423. The van der Waals surface area contributed by atoms with Crippen LogP contribution in [0.4, 0.5) is 0 Å². The molecule has 7 heteroatoms. The van der Waals surface area contributed by atoms with E-state index in [1.165, 1.54) is 13.0 Å². The second kappa shape index (κ2) is 8.49. The highest BCUT2D eigenvalue weighted by molar-refractivity contribution is 5.91. The number of methoxy groups -OCH3 is 1. The molecule has 0 aliphatic carbocycles. The van der Waals surface area contributed by atoms with Crippen LogP contribution in [0, 0.1) is 0 Å². The van der Waals surface area contributed by atoms with Crippen molar-refractivity contribution in [2.45, 2.75) is 6.92 Å². The largest absolute Gasteiger partial charge is 0.497 e. The molecule has 0 fully saturated rings. The summed E-state index contributed by atoms with van der Waals surface area (Å²) in [5.41, 5.74) is 5.00. The van der Waals surface area contributed by atoms with Crippen LogP contribution >= 0.6 is 0 Å². The van der Waals surface area contributed by atoms with Gasteiger partial charge in [-0.15, -0.1) is 0 Å². The number of carbonyl (C=O) groups is 3. The molecule has 2 amide bonds. The van der Waals surface area contributed by atoms with Crippen LogP contribution in [0.5, 0.6) is 5.75 Å². The lowest BCUT2D eigenvalue weighted by atomic mass is 10.1. The molecule has 7 nitrogen and oxygen atoms in total. The molecule has 0 aromatic heterocycles. The van der Waals surface area contributed by atoms with Crippen molar-refractivity contribution >= 4 is 34.6 Å². The average Bonchev–Trinajstić information content (AvgIpc) is 2.62. The van der Waals surface area contributed by atoms with Gasteiger partial charge in [-0.3, -0.25) is 20.4 Å². The number of benzene rings is 2. The molecule has 0 atom stereocenters. The summed E-state index contributed by atoms with van der Waals surface area (Å²) >= 11 is 0. The van der Waals surface area contributed by atoms with Crippen LogP contribution in [-0.4, -0.2) is 31.5 Å². The first-order valence-corrected chi connectivity index (χ1v) is 7.46. The molecule has 0 heterocycles. The molecule has 25 heavy (non-hydrogen) atoms. The highest BCUT2D eigenvalue weighted by Crippen LogP contribution is 2.22. The summed E-state index contributed by atoms with van der Waals surface area (Å²) in [6, 6.07) is 11.4. The maximum atomic E-state index is 11.6. The van der Waals surface area contributed by atoms with Gasteiger partial charge in [0.2, 0.25) is 5.91 Å². The first kappa shape index (κ1) is 18.0. The van der Waals surface area contributed by atoms with Crippen molar-refractivity contribution in [3.05, 3.63) is 48.0 Å². The van der Waals surface area contributed by atoms with E-state index in [1.54, 1.807) is 13.2 Å². The van der Waals surface area contributed by atoms with E-state index in [0.29, 0.717) is 0 Å². The van der Waals surface area contributed by atoms with Crippen LogP contribution in [0.25, 0.3) is 16.8 Å². The van der Waals surface area contributed by atoms with E-state index < -0.39 is 24.4 Å². The molecule has 0 saturated heterocycles. The van der Waals surface area contributed by atoms with Gasteiger partial charge in [0, 0.05) is 13.0 Å². The van der Waals surface area contributed by atoms with E-state index in [1.807, 2.05) is 36.4 Å². The fourth-order valence-corrected chi connectivity index (χ4v) is 2.02. The smallest absolute Gasteiger partial charge is 0.331 e. The Morgan fingerprint density at radius 2 is 1.76 bits per heavy atom. The maximum Gasteiger partial charge on any atom is 0.331 e. The Labute approximate surface area is 144 Å². The second-order valence-electron chi connectivity index (χ2n) is 5.14. The zero-order chi connectivity index (χ0) is 18.2. The standard InChI is InChI=1S/C18H18N2O5/c1-12(21)19-20-17(22)11-25-18(23)8-4-13-3-5-15-10-16(24-2)7-6-14(15)9-13/h3-10H,11H2,1-2H3,(H,19,21)(H,20,22)/b8-4+. The van der Waals surface area contributed by atoms with Gasteiger partial charge in [-0.25, -0.2) is 4.79 Å². The summed E-state index contributed by atoms with van der Waals surface area (Å²) in [7, 11) is 1.61. The molecule has 0 saturated carbocycles. The summed E-state index contributed by atoms with van der Waals surface area (Å²) in [5.74, 6) is -0.935. The van der Waals surface area contributed by atoms with Crippen molar-refractivity contribution < 1.29 is 23.9 Å². The van der Waals surface area contributed by atoms with Gasteiger partial charge < -0.3 is 9.47 Å². The molecule has 0 aliphatic rings. The Kier molecular flexibility index (Phi) is 6.11. The number of ether oxygens (including phenoxy) is 2. The van der Waals surface area contributed by atoms with Gasteiger partial charge >= 0.3 is 5.97 Å². The molecule has 130 valence electrons. The van der Waals surface area contributed by atoms with Crippen LogP contribution < -0.4 is 15.6 Å². The van der Waals surface area contributed by atoms with E-state index in [0.717, 1.165) is 22.1 Å². The number of fused-ring (bicyclic) bond motifs is 1. The zero-order valence-corrected chi connectivity index (χ0v) is 13.9. The normalized spacial score (nSPS) is 10.5. The van der Waals surface area contributed by atoms with Gasteiger partial charge in [0.15, 0.2) is 6.61 Å². The van der Waals surface area contributed by atoms with Crippen LogP contribution in [0.15, 0.2) is 42.5 Å². The zero-order valence-electron chi connectivity index (χ0n) is 13.9. The Hall–Kier alpha value is -3.35. The van der Waals surface area contributed by atoms with E-state index in [-0.39, 0.29) is 0 Å². The molecule has 2 aromatic carbocycles. The fraction of sp³-hybridized carbons (Fsp3) is 0.167. The Balaban J connectivity index is 1.92. The number of hydrazine groups is 1. The monoisotopic (exact) mass is 342 g/mol. The summed E-state index contributed by atoms with van der Waals surface area (Å²) in [6.45, 7) is 0.760. The summed E-state index contributed by atoms with van der Waals surface area (Å²) < 4.78 is 9.95. The van der Waals surface area contributed by atoms with Crippen molar-refractivity contribution in [2.75, 3.05) is 13.7 Å². The first-order chi connectivity index (χ1) is 12.0. The predicted molar refractivity (Wildman–Crippen MR) is 92.5 cm³/mol. The number of hydrogen-bond acceptors (Lipinski definition) is 5. The number of amides is 2. The molecule has 0 bridgehead atoms. The minimum atomic E-state index is -0.659. The van der Waals surface area contributed by atoms with E-state index >= 15 is 0 Å². The third kappa shape index (κ3) is 5.65. The molecule has 0 radical (unpaired) electrons. The molecule has 0 aliphatic heterocycles. The van der Waals surface area contributed by atoms with E-state index in [2.05, 4.69) is 10.9 Å². The highest BCUT2D eigenvalue weighted by Gasteiger charge is 2.05. The van der Waals surface area contributed by atoms with Gasteiger partial charge in [0.1, 0.15) is 5.75 Å². The molecule has 0 unspecified atom stereocenters. The number of nitrogens with one attached hydrogen (secondary N) is 2. The second-order valence-corrected chi connectivity index (χ2v) is 5.14. The van der Waals surface area contributed by atoms with Crippen molar-refractivity contribution in [3.63, 3.8) is 0 Å².